The molecule has 0 amide bonds. The van der Waals surface area contributed by atoms with Gasteiger partial charge in [0.15, 0.2) is 0 Å². The van der Waals surface area contributed by atoms with Gasteiger partial charge in [0.2, 0.25) is 0 Å². The lowest BCUT2D eigenvalue weighted by Crippen LogP contribution is -2.04. The second-order valence-electron chi connectivity index (χ2n) is 3.68. The minimum Gasteiger partial charge on any atom is -0.466 e. The van der Waals surface area contributed by atoms with E-state index in [0.29, 0.717) is 13.0 Å². The molecule has 0 bridgehead atoms. The number of ether oxygens (including phenoxy) is 1. The van der Waals surface area contributed by atoms with E-state index in [0.717, 1.165) is 16.5 Å². The molecule has 2 rings (SSSR count). The molecule has 0 saturated carbocycles. The summed E-state index contributed by atoms with van der Waals surface area (Å²) in [5.41, 5.74) is 3.51. The Balaban J connectivity index is 2.17. The van der Waals surface area contributed by atoms with Gasteiger partial charge < -0.3 is 4.74 Å². The summed E-state index contributed by atoms with van der Waals surface area (Å²) < 4.78 is 6.07. The lowest BCUT2D eigenvalue weighted by molar-refractivity contribution is -0.141. The van der Waals surface area contributed by atoms with Crippen LogP contribution in [-0.2, 0) is 16.0 Å². The number of hydrogen-bond acceptors (Lipinski definition) is 2. The number of benzene rings is 1. The van der Waals surface area contributed by atoms with Gasteiger partial charge in [0.05, 0.1) is 13.0 Å². The minimum absolute atomic E-state index is 0.151. The zero-order valence-corrected chi connectivity index (χ0v) is 10.7. The van der Waals surface area contributed by atoms with Crippen molar-refractivity contribution in [2.24, 2.45) is 0 Å². The van der Waals surface area contributed by atoms with E-state index in [-0.39, 0.29) is 5.97 Å². The van der Waals surface area contributed by atoms with Gasteiger partial charge in [0.25, 0.3) is 0 Å². The van der Waals surface area contributed by atoms with E-state index < -0.39 is 0 Å². The first-order chi connectivity index (χ1) is 7.72. The highest BCUT2D eigenvalue weighted by Gasteiger charge is 2.18. The summed E-state index contributed by atoms with van der Waals surface area (Å²) in [4.78, 5) is 11.4. The van der Waals surface area contributed by atoms with Crippen molar-refractivity contribution in [3.63, 3.8) is 0 Å². The summed E-state index contributed by atoms with van der Waals surface area (Å²) >= 11 is 3.52. The monoisotopic (exact) mass is 280 g/mol. The maximum atomic E-state index is 11.4. The Morgan fingerprint density at radius 1 is 1.50 bits per heavy atom. The fraction of sp³-hybridized carbons (Fsp3) is 0.308. The molecule has 1 aliphatic rings. The van der Waals surface area contributed by atoms with E-state index in [1.807, 2.05) is 19.1 Å². The normalized spacial score (nSPS) is 13.2. The number of carbonyl (C=O) groups is 1. The van der Waals surface area contributed by atoms with Gasteiger partial charge in [-0.2, -0.15) is 0 Å². The van der Waals surface area contributed by atoms with Gasteiger partial charge in [-0.05, 0) is 36.1 Å². The van der Waals surface area contributed by atoms with E-state index in [1.165, 1.54) is 11.1 Å². The zero-order valence-electron chi connectivity index (χ0n) is 9.13. The fourth-order valence-electron chi connectivity index (χ4n) is 1.94. The molecular weight excluding hydrogens is 268 g/mol. The van der Waals surface area contributed by atoms with Crippen molar-refractivity contribution in [1.29, 1.82) is 0 Å². The van der Waals surface area contributed by atoms with Crippen LogP contribution < -0.4 is 0 Å². The molecule has 0 spiro atoms. The smallest absolute Gasteiger partial charge is 0.310 e. The summed E-state index contributed by atoms with van der Waals surface area (Å²) in [6.07, 6.45) is 3.37. The van der Waals surface area contributed by atoms with Crippen LogP contribution in [0.3, 0.4) is 0 Å². The average molecular weight is 281 g/mol. The van der Waals surface area contributed by atoms with E-state index in [2.05, 4.69) is 28.1 Å². The van der Waals surface area contributed by atoms with Crippen LogP contribution in [0.25, 0.3) is 5.57 Å². The molecule has 3 heteroatoms. The Morgan fingerprint density at radius 3 is 3.06 bits per heavy atom. The van der Waals surface area contributed by atoms with Gasteiger partial charge in [-0.3, -0.25) is 4.79 Å². The second-order valence-corrected chi connectivity index (χ2v) is 4.54. The van der Waals surface area contributed by atoms with E-state index in [1.54, 1.807) is 0 Å². The summed E-state index contributed by atoms with van der Waals surface area (Å²) in [5, 5.41) is 0. The highest BCUT2D eigenvalue weighted by molar-refractivity contribution is 9.10. The van der Waals surface area contributed by atoms with E-state index in [4.69, 9.17) is 4.74 Å². The first-order valence-electron chi connectivity index (χ1n) is 5.34. The predicted molar refractivity (Wildman–Crippen MR) is 67.1 cm³/mol. The molecule has 16 heavy (non-hydrogen) atoms. The zero-order chi connectivity index (χ0) is 11.5. The molecule has 2 nitrogen and oxygen atoms in total. The molecule has 0 unspecified atom stereocenters. The summed E-state index contributed by atoms with van der Waals surface area (Å²) in [7, 11) is 0. The van der Waals surface area contributed by atoms with Gasteiger partial charge in [-0.1, -0.05) is 34.1 Å². The van der Waals surface area contributed by atoms with E-state index >= 15 is 0 Å². The Kier molecular flexibility index (Phi) is 3.44. The first-order valence-corrected chi connectivity index (χ1v) is 6.14. The van der Waals surface area contributed by atoms with E-state index in [9.17, 15) is 4.79 Å². The van der Waals surface area contributed by atoms with Crippen molar-refractivity contribution in [2.45, 2.75) is 19.8 Å². The lowest BCUT2D eigenvalue weighted by atomic mass is 10.0. The molecule has 0 heterocycles. The molecule has 0 aliphatic heterocycles. The average Bonchev–Trinajstić information content (AvgIpc) is 2.64. The van der Waals surface area contributed by atoms with Crippen molar-refractivity contribution in [1.82, 2.24) is 0 Å². The number of esters is 1. The standard InChI is InChI=1S/C13H13BrO2/c1-2-16-13(15)8-9-6-7-11-10(9)4-3-5-12(11)14/h3-6H,2,7-8H2,1H3. The fourth-order valence-corrected chi connectivity index (χ4v) is 2.47. The third kappa shape index (κ3) is 2.19. The molecule has 0 fully saturated rings. The van der Waals surface area contributed by atoms with Crippen LogP contribution in [0.1, 0.15) is 24.5 Å². The van der Waals surface area contributed by atoms with Crippen molar-refractivity contribution in [2.75, 3.05) is 6.61 Å². The van der Waals surface area contributed by atoms with Crippen molar-refractivity contribution >= 4 is 27.5 Å². The first kappa shape index (κ1) is 11.4. The number of fused-ring (bicyclic) bond motifs is 1. The van der Waals surface area contributed by atoms with Gasteiger partial charge >= 0.3 is 5.97 Å². The summed E-state index contributed by atoms with van der Waals surface area (Å²) in [6, 6.07) is 6.07. The molecule has 0 atom stereocenters. The van der Waals surface area contributed by atoms with Gasteiger partial charge in [0, 0.05) is 4.47 Å². The van der Waals surface area contributed by atoms with Crippen LogP contribution in [0.15, 0.2) is 28.7 Å². The maximum Gasteiger partial charge on any atom is 0.310 e. The molecule has 0 N–H and O–H groups in total. The number of hydrogen-bond donors (Lipinski definition) is 0. The van der Waals surface area contributed by atoms with Crippen LogP contribution in [0, 0.1) is 0 Å². The van der Waals surface area contributed by atoms with Crippen LogP contribution in [0.2, 0.25) is 0 Å². The summed E-state index contributed by atoms with van der Waals surface area (Å²) in [6.45, 7) is 2.27. The van der Waals surface area contributed by atoms with Crippen molar-refractivity contribution < 1.29 is 9.53 Å². The van der Waals surface area contributed by atoms with Gasteiger partial charge in [-0.25, -0.2) is 0 Å². The quantitative estimate of drug-likeness (QED) is 0.794. The molecule has 1 aliphatic carbocycles. The lowest BCUT2D eigenvalue weighted by Gasteiger charge is -2.06. The molecule has 1 aromatic carbocycles. The van der Waals surface area contributed by atoms with Crippen molar-refractivity contribution in [3.05, 3.63) is 39.9 Å². The molecular formula is C13H13BrO2. The van der Waals surface area contributed by atoms with Crippen molar-refractivity contribution in [3.8, 4) is 0 Å². The van der Waals surface area contributed by atoms with Gasteiger partial charge in [0.1, 0.15) is 0 Å². The SMILES string of the molecule is CCOC(=O)CC1=CCc2c(Br)cccc21. The molecule has 1 aromatic rings. The Bertz CT molecular complexity index is 449. The van der Waals surface area contributed by atoms with Crippen LogP contribution in [-0.4, -0.2) is 12.6 Å². The van der Waals surface area contributed by atoms with Crippen LogP contribution in [0.4, 0.5) is 0 Å². The summed E-state index contributed by atoms with van der Waals surface area (Å²) in [5.74, 6) is -0.151. The Hall–Kier alpha value is -1.09. The maximum absolute atomic E-state index is 11.4. The highest BCUT2D eigenvalue weighted by Crippen LogP contribution is 2.34. The largest absolute Gasteiger partial charge is 0.466 e. The third-order valence-corrected chi connectivity index (χ3v) is 3.40. The third-order valence-electron chi connectivity index (χ3n) is 2.66. The Morgan fingerprint density at radius 2 is 2.31 bits per heavy atom. The number of halogens is 1. The number of carbonyl (C=O) groups excluding carboxylic acids is 1. The highest BCUT2D eigenvalue weighted by atomic mass is 79.9. The number of rotatable bonds is 3. The molecule has 0 radical (unpaired) electrons. The Labute approximate surface area is 103 Å². The topological polar surface area (TPSA) is 26.3 Å². The van der Waals surface area contributed by atoms with Crippen LogP contribution >= 0.6 is 15.9 Å². The number of allylic oxidation sites excluding steroid dienone is 1. The van der Waals surface area contributed by atoms with Gasteiger partial charge in [-0.15, -0.1) is 0 Å². The molecule has 0 saturated heterocycles. The minimum atomic E-state index is -0.151. The molecule has 84 valence electrons. The van der Waals surface area contributed by atoms with Crippen LogP contribution in [0.5, 0.6) is 0 Å². The predicted octanol–water partition coefficient (Wildman–Crippen LogP) is 3.34. The second kappa shape index (κ2) is 4.83. The molecule has 0 aromatic heterocycles.